The highest BCUT2D eigenvalue weighted by atomic mass is 14.9. The van der Waals surface area contributed by atoms with Crippen LogP contribution >= 0.6 is 0 Å². The van der Waals surface area contributed by atoms with Crippen LogP contribution in [0, 0.1) is 13.8 Å². The second kappa shape index (κ2) is 8.62. The van der Waals surface area contributed by atoms with Crippen LogP contribution in [0.5, 0.6) is 0 Å². The molecular weight excluding hydrogens is 316 g/mol. The van der Waals surface area contributed by atoms with Crippen LogP contribution in [0.15, 0.2) is 42.5 Å². The Morgan fingerprint density at radius 3 is 2.00 bits per heavy atom. The van der Waals surface area contributed by atoms with E-state index in [-0.39, 0.29) is 5.41 Å². The molecule has 1 atom stereocenters. The molecule has 0 saturated carbocycles. The van der Waals surface area contributed by atoms with Crippen LogP contribution in [0.1, 0.15) is 64.2 Å². The fourth-order valence-electron chi connectivity index (χ4n) is 3.26. The molecular formula is C24H36N2. The zero-order valence-corrected chi connectivity index (χ0v) is 17.6. The molecule has 0 aliphatic carbocycles. The summed E-state index contributed by atoms with van der Waals surface area (Å²) in [5.41, 5.74) is 6.70. The first kappa shape index (κ1) is 20.4. The lowest BCUT2D eigenvalue weighted by Gasteiger charge is -2.28. The van der Waals surface area contributed by atoms with Crippen molar-refractivity contribution in [3.05, 3.63) is 59.2 Å². The van der Waals surface area contributed by atoms with Gasteiger partial charge in [0, 0.05) is 23.5 Å². The normalized spacial score (nSPS) is 12.9. The topological polar surface area (TPSA) is 24.1 Å². The second-order valence-electron chi connectivity index (χ2n) is 8.64. The number of hydrogen-bond donors (Lipinski definition) is 2. The Kier molecular flexibility index (Phi) is 6.75. The Bertz CT molecular complexity index is 699. The largest absolute Gasteiger partial charge is 0.383 e. The summed E-state index contributed by atoms with van der Waals surface area (Å²) in [6, 6.07) is 16.5. The summed E-state index contributed by atoms with van der Waals surface area (Å²) in [5.74, 6) is 0. The summed E-state index contributed by atoms with van der Waals surface area (Å²) in [7, 11) is 0. The molecule has 0 aromatic heterocycles. The minimum atomic E-state index is 0.176. The van der Waals surface area contributed by atoms with E-state index in [0.717, 1.165) is 12.8 Å². The van der Waals surface area contributed by atoms with Gasteiger partial charge in [-0.3, -0.25) is 0 Å². The van der Waals surface area contributed by atoms with E-state index in [0.29, 0.717) is 12.1 Å². The number of benzene rings is 2. The van der Waals surface area contributed by atoms with Crippen molar-refractivity contribution >= 4 is 11.4 Å². The van der Waals surface area contributed by atoms with Crippen molar-refractivity contribution in [3.8, 4) is 0 Å². The lowest BCUT2D eigenvalue weighted by Crippen LogP contribution is -2.23. The van der Waals surface area contributed by atoms with Crippen molar-refractivity contribution in [3.63, 3.8) is 0 Å². The minimum absolute atomic E-state index is 0.176. The lowest BCUT2D eigenvalue weighted by molar-refractivity contribution is 0.446. The molecule has 2 heteroatoms. The first-order chi connectivity index (χ1) is 12.2. The summed E-state index contributed by atoms with van der Waals surface area (Å²) in [6.07, 6.45) is 2.30. The predicted octanol–water partition coefficient (Wildman–Crippen LogP) is 6.68. The highest BCUT2D eigenvalue weighted by Gasteiger charge is 2.21. The van der Waals surface area contributed by atoms with E-state index in [1.807, 2.05) is 0 Å². The quantitative estimate of drug-likeness (QED) is 0.553. The summed E-state index contributed by atoms with van der Waals surface area (Å²) in [5, 5.41) is 7.11. The van der Waals surface area contributed by atoms with E-state index in [9.17, 15) is 0 Å². The average Bonchev–Trinajstić information content (AvgIpc) is 2.56. The summed E-state index contributed by atoms with van der Waals surface area (Å²) < 4.78 is 0. The number of nitrogens with one attached hydrogen (secondary N) is 2. The summed E-state index contributed by atoms with van der Waals surface area (Å²) in [4.78, 5) is 0. The van der Waals surface area contributed by atoms with E-state index < -0.39 is 0 Å². The minimum Gasteiger partial charge on any atom is -0.383 e. The first-order valence-corrected chi connectivity index (χ1v) is 9.88. The summed E-state index contributed by atoms with van der Waals surface area (Å²) in [6.45, 7) is 15.6. The van der Waals surface area contributed by atoms with Crippen LogP contribution in [0.25, 0.3) is 0 Å². The van der Waals surface area contributed by atoms with E-state index in [1.165, 1.54) is 28.1 Å². The van der Waals surface area contributed by atoms with Crippen molar-refractivity contribution in [1.29, 1.82) is 0 Å². The van der Waals surface area contributed by atoms with E-state index >= 15 is 0 Å². The van der Waals surface area contributed by atoms with Crippen molar-refractivity contribution in [2.24, 2.45) is 0 Å². The third kappa shape index (κ3) is 5.79. The highest BCUT2D eigenvalue weighted by Crippen LogP contribution is 2.30. The van der Waals surface area contributed by atoms with Gasteiger partial charge >= 0.3 is 0 Å². The first-order valence-electron chi connectivity index (χ1n) is 9.88. The molecule has 0 bridgehead atoms. The molecule has 2 nitrogen and oxygen atoms in total. The molecule has 0 radical (unpaired) electrons. The van der Waals surface area contributed by atoms with Crippen molar-refractivity contribution < 1.29 is 0 Å². The molecule has 1 unspecified atom stereocenters. The number of hydrogen-bond acceptors (Lipinski definition) is 2. The molecule has 0 spiro atoms. The Hall–Kier alpha value is -1.96. The number of anilines is 2. The molecule has 2 N–H and O–H groups in total. The third-order valence-electron chi connectivity index (χ3n) is 5.24. The predicted molar refractivity (Wildman–Crippen MR) is 116 cm³/mol. The van der Waals surface area contributed by atoms with Crippen LogP contribution in [-0.4, -0.2) is 12.1 Å². The maximum Gasteiger partial charge on any atom is 0.0345 e. The Morgan fingerprint density at radius 1 is 0.808 bits per heavy atom. The molecule has 26 heavy (non-hydrogen) atoms. The van der Waals surface area contributed by atoms with E-state index in [4.69, 9.17) is 0 Å². The second-order valence-corrected chi connectivity index (χ2v) is 8.64. The molecule has 0 fully saturated rings. The molecule has 2 aromatic carbocycles. The van der Waals surface area contributed by atoms with Gasteiger partial charge in [0.2, 0.25) is 0 Å². The fraction of sp³-hybridized carbons (Fsp3) is 0.500. The average molecular weight is 353 g/mol. The van der Waals surface area contributed by atoms with Gasteiger partial charge in [-0.05, 0) is 93.8 Å². The van der Waals surface area contributed by atoms with Gasteiger partial charge in [-0.15, -0.1) is 0 Å². The van der Waals surface area contributed by atoms with Gasteiger partial charge in [0.25, 0.3) is 0 Å². The van der Waals surface area contributed by atoms with Gasteiger partial charge in [0.1, 0.15) is 0 Å². The fourth-order valence-corrected chi connectivity index (χ4v) is 3.26. The van der Waals surface area contributed by atoms with Crippen LogP contribution in [0.3, 0.4) is 0 Å². The zero-order valence-electron chi connectivity index (χ0n) is 17.6. The van der Waals surface area contributed by atoms with Gasteiger partial charge in [0.15, 0.2) is 0 Å². The summed E-state index contributed by atoms with van der Waals surface area (Å²) >= 11 is 0. The van der Waals surface area contributed by atoms with Crippen molar-refractivity contribution in [1.82, 2.24) is 0 Å². The van der Waals surface area contributed by atoms with Crippen LogP contribution in [-0.2, 0) is 5.41 Å². The smallest absolute Gasteiger partial charge is 0.0345 e. The molecule has 0 heterocycles. The molecule has 2 rings (SSSR count). The Labute approximate surface area is 160 Å². The zero-order chi connectivity index (χ0) is 19.3. The maximum atomic E-state index is 3.65. The van der Waals surface area contributed by atoms with Crippen LogP contribution in [0.4, 0.5) is 11.4 Å². The van der Waals surface area contributed by atoms with Crippen LogP contribution < -0.4 is 10.6 Å². The molecule has 0 aliphatic rings. The van der Waals surface area contributed by atoms with Gasteiger partial charge in [-0.1, -0.05) is 32.0 Å². The monoisotopic (exact) mass is 352 g/mol. The van der Waals surface area contributed by atoms with E-state index in [2.05, 4.69) is 102 Å². The van der Waals surface area contributed by atoms with Crippen molar-refractivity contribution in [2.75, 3.05) is 10.6 Å². The van der Waals surface area contributed by atoms with Gasteiger partial charge in [-0.25, -0.2) is 0 Å². The Morgan fingerprint density at radius 2 is 1.42 bits per heavy atom. The van der Waals surface area contributed by atoms with Gasteiger partial charge in [-0.2, -0.15) is 0 Å². The molecule has 142 valence electrons. The number of aryl methyl sites for hydroxylation is 2. The third-order valence-corrected chi connectivity index (χ3v) is 5.24. The van der Waals surface area contributed by atoms with Gasteiger partial charge < -0.3 is 10.6 Å². The standard InChI is InChI=1S/C24H36N2/c1-17(2)25-22-12-9-21(10-13-22)24(6,7)15-14-20(5)26-23-11-8-18(3)19(4)16-23/h8-13,16-17,20,25-26H,14-15H2,1-7H3. The number of rotatable bonds is 8. The highest BCUT2D eigenvalue weighted by molar-refractivity contribution is 5.49. The molecule has 0 aliphatic heterocycles. The van der Waals surface area contributed by atoms with E-state index in [1.54, 1.807) is 0 Å². The molecule has 0 saturated heterocycles. The van der Waals surface area contributed by atoms with Crippen molar-refractivity contribution in [2.45, 2.75) is 78.8 Å². The lowest BCUT2D eigenvalue weighted by atomic mass is 9.79. The molecule has 0 amide bonds. The Balaban J connectivity index is 1.92. The van der Waals surface area contributed by atoms with Gasteiger partial charge in [0.05, 0.1) is 0 Å². The molecule has 2 aromatic rings. The SMILES string of the molecule is Cc1ccc(NC(C)CCC(C)(C)c2ccc(NC(C)C)cc2)cc1C. The van der Waals surface area contributed by atoms with Crippen LogP contribution in [0.2, 0.25) is 0 Å². The maximum absolute atomic E-state index is 3.65.